The summed E-state index contributed by atoms with van der Waals surface area (Å²) in [6.45, 7) is 17.9. The predicted molar refractivity (Wildman–Crippen MR) is 391 cm³/mol. The smallest absolute Gasteiger partial charge is 0.159 e. The molecule has 0 aliphatic heterocycles. The summed E-state index contributed by atoms with van der Waals surface area (Å²) in [6, 6.07) is 81.8. The Kier molecular flexibility index (Phi) is 12.6. The molecule has 0 amide bonds. The molecular weight excluding hydrogens is 1150 g/mol. The number of nitrogens with zero attached hydrogens (tertiary/aromatic N) is 2. The minimum absolute atomic E-state index is 0.0323. The number of allylic oxidation sites excluding steroid dienone is 4. The van der Waals surface area contributed by atoms with Gasteiger partial charge in [0.05, 0.1) is 28.2 Å². The van der Waals surface area contributed by atoms with Crippen LogP contribution in [-0.2, 0) is 10.8 Å². The zero-order valence-electron chi connectivity index (χ0n) is 52.5. The minimum Gasteiger partial charge on any atom is -0.454 e. The van der Waals surface area contributed by atoms with Gasteiger partial charge < -0.3 is 18.6 Å². The molecule has 4 heterocycles. The number of para-hydroxylation sites is 4. The maximum Gasteiger partial charge on any atom is 0.159 e. The van der Waals surface area contributed by atoms with Gasteiger partial charge >= 0.3 is 0 Å². The van der Waals surface area contributed by atoms with Gasteiger partial charge in [-0.25, -0.2) is 0 Å². The summed E-state index contributed by atoms with van der Waals surface area (Å²) in [6.07, 6.45) is 11.6. The Morgan fingerprint density at radius 3 is 1.34 bits per heavy atom. The van der Waals surface area contributed by atoms with Crippen molar-refractivity contribution >= 4 is 147 Å². The molecule has 3 aliphatic rings. The fourth-order valence-corrected chi connectivity index (χ4v) is 17.9. The average Bonchev–Trinajstić information content (AvgIpc) is 1.43. The molecule has 4 nitrogen and oxygen atoms in total. The summed E-state index contributed by atoms with van der Waals surface area (Å²) in [5.74, 6) is 0. The molecule has 442 valence electrons. The van der Waals surface area contributed by atoms with Crippen molar-refractivity contribution in [1.29, 1.82) is 0 Å². The fourth-order valence-electron chi connectivity index (χ4n) is 15.4. The molecule has 0 atom stereocenters. The van der Waals surface area contributed by atoms with Gasteiger partial charge in [0.2, 0.25) is 0 Å². The van der Waals surface area contributed by atoms with Crippen LogP contribution >= 0.6 is 22.7 Å². The molecule has 0 bridgehead atoms. The lowest BCUT2D eigenvalue weighted by Gasteiger charge is -2.38. The molecule has 0 unspecified atom stereocenters. The zero-order chi connectivity index (χ0) is 61.7. The lowest BCUT2D eigenvalue weighted by atomic mass is 9.65. The van der Waals surface area contributed by atoms with E-state index in [-0.39, 0.29) is 10.8 Å². The lowest BCUT2D eigenvalue weighted by Crippen LogP contribution is -2.31. The van der Waals surface area contributed by atoms with Crippen LogP contribution in [0, 0.1) is 5.41 Å². The van der Waals surface area contributed by atoms with Gasteiger partial charge in [0, 0.05) is 73.3 Å². The highest BCUT2D eigenvalue weighted by Gasteiger charge is 2.51. The quantitative estimate of drug-likeness (QED) is 0.166. The maximum absolute atomic E-state index is 7.14. The van der Waals surface area contributed by atoms with E-state index < -0.39 is 5.41 Å². The van der Waals surface area contributed by atoms with Crippen LogP contribution < -0.4 is 9.80 Å². The zero-order valence-corrected chi connectivity index (χ0v) is 54.2. The summed E-state index contributed by atoms with van der Waals surface area (Å²) >= 11 is 3.83. The van der Waals surface area contributed by atoms with E-state index in [1.807, 2.05) is 36.5 Å². The molecule has 0 saturated heterocycles. The van der Waals surface area contributed by atoms with Crippen LogP contribution in [0.1, 0.15) is 107 Å². The Morgan fingerprint density at radius 1 is 0.396 bits per heavy atom. The maximum atomic E-state index is 7.14. The Balaban J connectivity index is 0.00000315. The van der Waals surface area contributed by atoms with E-state index in [1.165, 1.54) is 102 Å². The van der Waals surface area contributed by atoms with Crippen LogP contribution in [0.4, 0.5) is 28.4 Å². The van der Waals surface area contributed by atoms with Gasteiger partial charge in [-0.2, -0.15) is 0 Å². The normalized spacial score (nSPS) is 14.2. The first-order chi connectivity index (χ1) is 44.4. The van der Waals surface area contributed by atoms with Crippen molar-refractivity contribution in [2.45, 2.75) is 79.1 Å². The Labute approximate surface area is 538 Å². The first-order valence-corrected chi connectivity index (χ1v) is 33.8. The van der Waals surface area contributed by atoms with E-state index in [0.717, 1.165) is 85.2 Å². The second-order valence-corrected chi connectivity index (χ2v) is 28.7. The van der Waals surface area contributed by atoms with Gasteiger partial charge in [-0.3, -0.25) is 0 Å². The lowest BCUT2D eigenvalue weighted by molar-refractivity contribution is 0.479. The number of fused-ring (bicyclic) bond motifs is 23. The molecule has 0 fully saturated rings. The predicted octanol–water partition coefficient (Wildman–Crippen LogP) is 25.6. The third kappa shape index (κ3) is 8.18. The molecule has 91 heavy (non-hydrogen) atoms. The number of furan rings is 2. The molecule has 0 radical (unpaired) electrons. The van der Waals surface area contributed by atoms with Crippen LogP contribution in [0.15, 0.2) is 251 Å². The van der Waals surface area contributed by atoms with Gasteiger partial charge in [-0.05, 0) is 140 Å². The molecule has 3 aliphatic carbocycles. The first kappa shape index (κ1) is 55.4. The SMILES string of the molecule is CC.CC(C)(C)C1=CC=C(N(c2cccc3c2oc2ccccc23)c2cc3c(c4sc5ccccc5c24)C=Cc2c(cc(N(c4ccc(C(C)(C)C)cc4)c4cccc5c4oc4ccccc45)c4c2sc2ccccc24)C32c3ccccc3-c3ccccc32)CC1. The first-order valence-electron chi connectivity index (χ1n) is 32.2. The summed E-state index contributed by atoms with van der Waals surface area (Å²) in [5.41, 5.74) is 21.9. The molecule has 18 rings (SSSR count). The monoisotopic (exact) mass is 1210 g/mol. The highest BCUT2D eigenvalue weighted by molar-refractivity contribution is 7.26. The van der Waals surface area contributed by atoms with Crippen LogP contribution in [0.3, 0.4) is 0 Å². The third-order valence-corrected chi connectivity index (χ3v) is 22.0. The van der Waals surface area contributed by atoms with E-state index in [1.54, 1.807) is 0 Å². The van der Waals surface area contributed by atoms with Gasteiger partial charge in [0.1, 0.15) is 11.2 Å². The molecule has 0 saturated carbocycles. The number of rotatable bonds is 6. The number of hydrogen-bond acceptors (Lipinski definition) is 6. The van der Waals surface area contributed by atoms with E-state index in [4.69, 9.17) is 8.83 Å². The van der Waals surface area contributed by atoms with Crippen molar-refractivity contribution in [2.75, 3.05) is 9.80 Å². The number of anilines is 5. The summed E-state index contributed by atoms with van der Waals surface area (Å²) in [5, 5.41) is 9.33. The number of thiophene rings is 2. The topological polar surface area (TPSA) is 32.8 Å². The van der Waals surface area contributed by atoms with Gasteiger partial charge in [-0.15, -0.1) is 22.7 Å². The van der Waals surface area contributed by atoms with Crippen molar-refractivity contribution in [2.24, 2.45) is 5.41 Å². The number of hydrogen-bond donors (Lipinski definition) is 0. The number of benzene rings is 11. The highest BCUT2D eigenvalue weighted by Crippen LogP contribution is 2.64. The average molecular weight is 1210 g/mol. The summed E-state index contributed by atoms with van der Waals surface area (Å²) in [4.78, 5) is 5.14. The molecule has 11 aromatic carbocycles. The second-order valence-electron chi connectivity index (χ2n) is 26.6. The molecule has 6 heteroatoms. The van der Waals surface area contributed by atoms with E-state index >= 15 is 0 Å². The van der Waals surface area contributed by atoms with Crippen LogP contribution in [0.2, 0.25) is 0 Å². The molecule has 0 N–H and O–H groups in total. The minimum atomic E-state index is -0.857. The van der Waals surface area contributed by atoms with Gasteiger partial charge in [0.15, 0.2) is 11.2 Å². The fraction of sp³-hybridized carbons (Fsp3) is 0.153. The molecule has 1 spiro atoms. The van der Waals surface area contributed by atoms with Crippen molar-refractivity contribution in [3.63, 3.8) is 0 Å². The molecule has 4 aromatic heterocycles. The largest absolute Gasteiger partial charge is 0.454 e. The van der Waals surface area contributed by atoms with Crippen molar-refractivity contribution < 1.29 is 8.83 Å². The third-order valence-electron chi connectivity index (χ3n) is 19.6. The Bertz CT molecular complexity index is 5560. The summed E-state index contributed by atoms with van der Waals surface area (Å²) in [7, 11) is 0. The summed E-state index contributed by atoms with van der Waals surface area (Å²) < 4.78 is 19.3. The van der Waals surface area contributed by atoms with Gasteiger partial charge in [-0.1, -0.05) is 237 Å². The molecular formula is C85H68N2O2S2. The van der Waals surface area contributed by atoms with Gasteiger partial charge in [0.25, 0.3) is 0 Å². The van der Waals surface area contributed by atoms with Crippen molar-refractivity contribution in [3.05, 3.63) is 281 Å². The molecule has 15 aromatic rings. The van der Waals surface area contributed by atoms with E-state index in [0.29, 0.717) is 0 Å². The van der Waals surface area contributed by atoms with Crippen LogP contribution in [-0.4, -0.2) is 0 Å². The van der Waals surface area contributed by atoms with E-state index in [9.17, 15) is 0 Å². The highest BCUT2D eigenvalue weighted by atomic mass is 32.1. The van der Waals surface area contributed by atoms with Crippen molar-refractivity contribution in [1.82, 2.24) is 0 Å². The standard InChI is InChI=1S/C83H62N2O2S2.C2H6/c1-81(2,3)49-37-41-51(42-38-49)84(67-31-19-27-57-55-23-9-15-33-71(55)86-77(57)67)69-47-65-59(79-75(69)61-25-11-17-35-73(61)88-79)45-46-60-66(83(65)63-29-13-7-21-53(63)54-22-8-14-30-64(54)83)48-70(76-62-26-12-18-36-74(62)89-80(60)76)85(52-43-39-50(40-44-52)82(4,5)6)68-32-20-28-58-56-24-10-16-34-72(56)87-78(58)68;1-2/h7-39,41-43,45-48H,40,44H2,1-6H3;1-2H3. The Hall–Kier alpha value is -9.72. The van der Waals surface area contributed by atoms with Crippen LogP contribution in [0.25, 0.3) is 108 Å². The van der Waals surface area contributed by atoms with Crippen molar-refractivity contribution in [3.8, 4) is 11.1 Å². The second kappa shape index (κ2) is 20.7. The Morgan fingerprint density at radius 2 is 0.846 bits per heavy atom. The van der Waals surface area contributed by atoms with E-state index in [2.05, 4.69) is 294 Å². The van der Waals surface area contributed by atoms with Crippen LogP contribution in [0.5, 0.6) is 0 Å².